The average molecular weight is 286 g/mol. The molecule has 1 rings (SSSR count). The van der Waals surface area contributed by atoms with Gasteiger partial charge < -0.3 is 14.9 Å². The molecular formula is C13H22N2O5. The fraction of sp³-hybridized carbons (Fsp3) is 0.769. The molecular weight excluding hydrogens is 264 g/mol. The number of piperidine rings is 1. The van der Waals surface area contributed by atoms with Crippen LogP contribution in [0.4, 0.5) is 4.79 Å². The van der Waals surface area contributed by atoms with Crippen molar-refractivity contribution in [3.63, 3.8) is 0 Å². The Morgan fingerprint density at radius 1 is 1.40 bits per heavy atom. The fourth-order valence-electron chi connectivity index (χ4n) is 1.91. The molecule has 7 heteroatoms. The smallest absolute Gasteiger partial charge is 0.442 e. The lowest BCUT2D eigenvalue weighted by atomic mass is 10.00. The second kappa shape index (κ2) is 7.23. The van der Waals surface area contributed by atoms with Crippen molar-refractivity contribution in [1.82, 2.24) is 10.4 Å². The van der Waals surface area contributed by atoms with Gasteiger partial charge in [-0.05, 0) is 52.6 Å². The number of hydrogen-bond acceptors (Lipinski definition) is 6. The minimum atomic E-state index is -1.11. The normalized spacial score (nSPS) is 19.1. The van der Waals surface area contributed by atoms with Crippen molar-refractivity contribution in [2.45, 2.75) is 39.2 Å². The van der Waals surface area contributed by atoms with Gasteiger partial charge in [-0.3, -0.25) is 4.79 Å². The number of amides is 1. The summed E-state index contributed by atoms with van der Waals surface area (Å²) in [4.78, 5) is 38.2. The van der Waals surface area contributed by atoms with Gasteiger partial charge in [0.1, 0.15) is 5.60 Å². The lowest BCUT2D eigenvalue weighted by molar-refractivity contribution is -0.185. The highest BCUT2D eigenvalue weighted by molar-refractivity contribution is 6.20. The summed E-state index contributed by atoms with van der Waals surface area (Å²) in [7, 11) is 0. The Kier molecular flexibility index (Phi) is 5.94. The van der Waals surface area contributed by atoms with Crippen molar-refractivity contribution in [1.29, 1.82) is 0 Å². The Morgan fingerprint density at radius 3 is 2.60 bits per heavy atom. The number of rotatable bonds is 3. The van der Waals surface area contributed by atoms with Crippen LogP contribution >= 0.6 is 0 Å². The second-order valence-corrected chi connectivity index (χ2v) is 5.78. The zero-order valence-electron chi connectivity index (χ0n) is 12.2. The summed E-state index contributed by atoms with van der Waals surface area (Å²) in [5.41, 5.74) is -0.701. The van der Waals surface area contributed by atoms with Crippen LogP contribution in [-0.2, 0) is 19.2 Å². The first kappa shape index (κ1) is 16.4. The van der Waals surface area contributed by atoms with Crippen LogP contribution in [0.2, 0.25) is 0 Å². The molecule has 1 saturated heterocycles. The molecule has 0 spiro atoms. The van der Waals surface area contributed by atoms with E-state index in [4.69, 9.17) is 9.57 Å². The predicted molar refractivity (Wildman–Crippen MR) is 70.7 cm³/mol. The maximum Gasteiger partial charge on any atom is 0.443 e. The number of carbonyl (C=O) groups is 3. The Labute approximate surface area is 118 Å². The molecule has 0 aromatic rings. The molecule has 0 bridgehead atoms. The highest BCUT2D eigenvalue weighted by Crippen LogP contribution is 2.15. The fourth-order valence-corrected chi connectivity index (χ4v) is 1.91. The molecule has 1 atom stereocenters. The Morgan fingerprint density at radius 2 is 2.10 bits per heavy atom. The van der Waals surface area contributed by atoms with E-state index in [0.717, 1.165) is 31.0 Å². The molecule has 1 N–H and O–H groups in total. The van der Waals surface area contributed by atoms with E-state index in [9.17, 15) is 14.4 Å². The standard InChI is InChI=1S/C13H22N2O5/c1-13(2,3)19-12(18)15(20-11(17)9-16)8-10-5-4-6-14-7-10/h9-10,14H,4-8H2,1-3H3/t10-/m0/s1. The van der Waals surface area contributed by atoms with Crippen LogP contribution in [0, 0.1) is 5.92 Å². The summed E-state index contributed by atoms with van der Waals surface area (Å²) < 4.78 is 5.16. The monoisotopic (exact) mass is 286 g/mol. The van der Waals surface area contributed by atoms with Crippen LogP contribution in [0.1, 0.15) is 33.6 Å². The molecule has 1 aliphatic heterocycles. The van der Waals surface area contributed by atoms with Gasteiger partial charge in [0.2, 0.25) is 6.29 Å². The third kappa shape index (κ3) is 6.01. The molecule has 1 fully saturated rings. The van der Waals surface area contributed by atoms with Gasteiger partial charge in [-0.15, -0.1) is 5.06 Å². The average Bonchev–Trinajstić information content (AvgIpc) is 2.37. The molecule has 1 heterocycles. The van der Waals surface area contributed by atoms with E-state index < -0.39 is 17.7 Å². The summed E-state index contributed by atoms with van der Waals surface area (Å²) in [5, 5.41) is 4.04. The number of carbonyl (C=O) groups excluding carboxylic acids is 3. The molecule has 0 aromatic heterocycles. The Hall–Kier alpha value is -1.63. The molecule has 0 saturated carbocycles. The molecule has 114 valence electrons. The van der Waals surface area contributed by atoms with Gasteiger partial charge >= 0.3 is 12.1 Å². The van der Waals surface area contributed by atoms with E-state index in [1.807, 2.05) is 0 Å². The summed E-state index contributed by atoms with van der Waals surface area (Å²) in [5.74, 6) is -0.949. The van der Waals surface area contributed by atoms with Crippen LogP contribution in [-0.4, -0.2) is 48.6 Å². The highest BCUT2D eigenvalue weighted by atomic mass is 16.8. The number of hydroxylamine groups is 2. The summed E-state index contributed by atoms with van der Waals surface area (Å²) in [6.45, 7) is 7.03. The molecule has 0 radical (unpaired) electrons. The van der Waals surface area contributed by atoms with Gasteiger partial charge in [0.25, 0.3) is 0 Å². The first-order valence-corrected chi connectivity index (χ1v) is 6.70. The SMILES string of the molecule is CC(C)(C)OC(=O)N(C[C@H]1CCCNC1)OC(=O)C=O. The third-order valence-electron chi connectivity index (χ3n) is 2.72. The first-order chi connectivity index (χ1) is 9.31. The maximum absolute atomic E-state index is 12.0. The minimum absolute atomic E-state index is 0.0243. The third-order valence-corrected chi connectivity index (χ3v) is 2.72. The summed E-state index contributed by atoms with van der Waals surface area (Å²) >= 11 is 0. The van der Waals surface area contributed by atoms with Crippen molar-refractivity contribution >= 4 is 18.3 Å². The van der Waals surface area contributed by atoms with Gasteiger partial charge in [-0.25, -0.2) is 9.59 Å². The molecule has 1 amide bonds. The van der Waals surface area contributed by atoms with E-state index in [2.05, 4.69) is 5.32 Å². The number of nitrogens with zero attached hydrogens (tertiary/aromatic N) is 1. The van der Waals surface area contributed by atoms with E-state index in [0.29, 0.717) is 0 Å². The summed E-state index contributed by atoms with van der Waals surface area (Å²) in [6, 6.07) is 0. The lowest BCUT2D eigenvalue weighted by Gasteiger charge is -2.30. The van der Waals surface area contributed by atoms with Crippen molar-refractivity contribution in [3.8, 4) is 0 Å². The van der Waals surface area contributed by atoms with E-state index in [1.54, 1.807) is 20.8 Å². The lowest BCUT2D eigenvalue weighted by Crippen LogP contribution is -2.44. The van der Waals surface area contributed by atoms with Crippen molar-refractivity contribution < 1.29 is 24.0 Å². The number of hydrogen-bond donors (Lipinski definition) is 1. The summed E-state index contributed by atoms with van der Waals surface area (Å²) in [6.07, 6.45) is 1.17. The molecule has 7 nitrogen and oxygen atoms in total. The van der Waals surface area contributed by atoms with Crippen LogP contribution in [0.3, 0.4) is 0 Å². The van der Waals surface area contributed by atoms with Crippen LogP contribution in [0.15, 0.2) is 0 Å². The zero-order chi connectivity index (χ0) is 15.2. The number of nitrogens with one attached hydrogen (secondary N) is 1. The highest BCUT2D eigenvalue weighted by Gasteiger charge is 2.28. The topological polar surface area (TPSA) is 84.9 Å². The van der Waals surface area contributed by atoms with Gasteiger partial charge in [-0.2, -0.15) is 0 Å². The molecule has 0 aliphatic carbocycles. The van der Waals surface area contributed by atoms with Gasteiger partial charge in [0.15, 0.2) is 0 Å². The van der Waals surface area contributed by atoms with Crippen molar-refractivity contribution in [2.24, 2.45) is 5.92 Å². The van der Waals surface area contributed by atoms with Gasteiger partial charge in [0.05, 0.1) is 6.54 Å². The van der Waals surface area contributed by atoms with Crippen molar-refractivity contribution in [3.05, 3.63) is 0 Å². The van der Waals surface area contributed by atoms with Crippen molar-refractivity contribution in [2.75, 3.05) is 19.6 Å². The van der Waals surface area contributed by atoms with Gasteiger partial charge in [0, 0.05) is 0 Å². The minimum Gasteiger partial charge on any atom is -0.442 e. The van der Waals surface area contributed by atoms with E-state index in [1.165, 1.54) is 0 Å². The quantitative estimate of drug-likeness (QED) is 0.471. The largest absolute Gasteiger partial charge is 0.443 e. The van der Waals surface area contributed by atoms with E-state index in [-0.39, 0.29) is 18.7 Å². The zero-order valence-corrected chi connectivity index (χ0v) is 12.2. The molecule has 0 unspecified atom stereocenters. The predicted octanol–water partition coefficient (Wildman–Crippen LogP) is 0.880. The first-order valence-electron chi connectivity index (χ1n) is 6.70. The Bertz CT molecular complexity index is 358. The maximum atomic E-state index is 12.0. The number of aldehydes is 1. The van der Waals surface area contributed by atoms with Crippen LogP contribution in [0.5, 0.6) is 0 Å². The molecule has 1 aliphatic rings. The Balaban J connectivity index is 2.65. The van der Waals surface area contributed by atoms with Gasteiger partial charge in [-0.1, -0.05) is 0 Å². The molecule has 20 heavy (non-hydrogen) atoms. The molecule has 0 aromatic carbocycles. The van der Waals surface area contributed by atoms with Crippen LogP contribution < -0.4 is 5.32 Å². The number of ether oxygens (including phenoxy) is 1. The van der Waals surface area contributed by atoms with Crippen LogP contribution in [0.25, 0.3) is 0 Å². The second-order valence-electron chi connectivity index (χ2n) is 5.78. The van der Waals surface area contributed by atoms with E-state index >= 15 is 0 Å².